The second-order valence-electron chi connectivity index (χ2n) is 9.68. The van der Waals surface area contributed by atoms with Crippen LogP contribution in [-0.4, -0.2) is 19.9 Å². The molecule has 2 aromatic carbocycles. The van der Waals surface area contributed by atoms with Gasteiger partial charge in [-0.1, -0.05) is 13.0 Å². The van der Waals surface area contributed by atoms with E-state index in [1.54, 1.807) is 0 Å². The first-order valence-electron chi connectivity index (χ1n) is 11.1. The van der Waals surface area contributed by atoms with Crippen LogP contribution in [0.1, 0.15) is 56.1 Å². The smallest absolute Gasteiger partial charge is 0.139 e. The van der Waals surface area contributed by atoms with Crippen molar-refractivity contribution in [2.75, 3.05) is 19.0 Å². The van der Waals surface area contributed by atoms with Crippen LogP contribution in [0.4, 0.5) is 5.69 Å². The maximum Gasteiger partial charge on any atom is 0.139 e. The number of carbonyl (C=O) groups excluding carboxylic acids is 1. The summed E-state index contributed by atoms with van der Waals surface area (Å²) in [7, 11) is 4.09. The molecule has 0 aromatic heterocycles. The van der Waals surface area contributed by atoms with Crippen molar-refractivity contribution in [1.82, 2.24) is 0 Å². The summed E-state index contributed by atoms with van der Waals surface area (Å²) < 4.78 is 6.15. The molecule has 2 saturated carbocycles. The van der Waals surface area contributed by atoms with Gasteiger partial charge in [0.15, 0.2) is 0 Å². The minimum absolute atomic E-state index is 0.0412. The summed E-state index contributed by atoms with van der Waals surface area (Å²) in [4.78, 5) is 14.6. The van der Waals surface area contributed by atoms with E-state index in [2.05, 4.69) is 42.2 Å². The first-order chi connectivity index (χ1) is 14.0. The Balaban J connectivity index is 1.36. The molecule has 0 spiro atoms. The second-order valence-corrected chi connectivity index (χ2v) is 9.68. The van der Waals surface area contributed by atoms with E-state index < -0.39 is 0 Å². The van der Waals surface area contributed by atoms with Gasteiger partial charge >= 0.3 is 0 Å². The minimum atomic E-state index is -0.0412. The Bertz CT molecular complexity index is 932. The molecule has 0 bridgehead atoms. The molecule has 2 fully saturated rings. The molecule has 2 aromatic rings. The van der Waals surface area contributed by atoms with Crippen molar-refractivity contribution >= 4 is 11.5 Å². The van der Waals surface area contributed by atoms with Gasteiger partial charge in [0.05, 0.1) is 0 Å². The van der Waals surface area contributed by atoms with E-state index in [4.69, 9.17) is 4.74 Å². The second kappa shape index (κ2) is 6.90. The maximum absolute atomic E-state index is 12.5. The highest BCUT2D eigenvalue weighted by Gasteiger charge is 2.54. The van der Waals surface area contributed by atoms with Crippen molar-refractivity contribution in [2.24, 2.45) is 17.3 Å². The molecule has 3 aliphatic carbocycles. The monoisotopic (exact) mass is 389 g/mol. The fraction of sp³-hybridized carbons (Fsp3) is 0.500. The summed E-state index contributed by atoms with van der Waals surface area (Å²) in [6.45, 7) is 2.25. The lowest BCUT2D eigenvalue weighted by Crippen LogP contribution is -2.42. The zero-order valence-electron chi connectivity index (χ0n) is 17.8. The van der Waals surface area contributed by atoms with Gasteiger partial charge in [0.2, 0.25) is 0 Å². The molecular weight excluding hydrogens is 358 g/mol. The summed E-state index contributed by atoms with van der Waals surface area (Å²) in [6, 6.07) is 14.9. The number of Topliss-reactive ketones (excluding diaryl/α,β-unsaturated/α-hetero) is 1. The molecule has 4 atom stereocenters. The Hall–Kier alpha value is -2.29. The Morgan fingerprint density at radius 2 is 1.72 bits per heavy atom. The van der Waals surface area contributed by atoms with Gasteiger partial charge in [-0.15, -0.1) is 0 Å². The van der Waals surface area contributed by atoms with Crippen molar-refractivity contribution in [3.8, 4) is 11.5 Å². The molecule has 0 saturated heterocycles. The molecule has 0 N–H and O–H groups in total. The Kier molecular flexibility index (Phi) is 4.45. The zero-order chi connectivity index (χ0) is 20.2. The number of benzene rings is 2. The van der Waals surface area contributed by atoms with Crippen LogP contribution in [0, 0.1) is 17.3 Å². The van der Waals surface area contributed by atoms with Crippen LogP contribution in [0.25, 0.3) is 0 Å². The van der Waals surface area contributed by atoms with E-state index in [-0.39, 0.29) is 5.41 Å². The van der Waals surface area contributed by atoms with Gasteiger partial charge in [0.25, 0.3) is 0 Å². The topological polar surface area (TPSA) is 29.5 Å². The lowest BCUT2D eigenvalue weighted by molar-refractivity contribution is -0.129. The van der Waals surface area contributed by atoms with Crippen LogP contribution in [0.5, 0.6) is 11.5 Å². The van der Waals surface area contributed by atoms with Gasteiger partial charge in [-0.05, 0) is 97.4 Å². The number of hydrogen-bond acceptors (Lipinski definition) is 3. The maximum atomic E-state index is 12.5. The van der Waals surface area contributed by atoms with Gasteiger partial charge in [0, 0.05) is 31.6 Å². The molecule has 0 heterocycles. The van der Waals surface area contributed by atoms with E-state index in [9.17, 15) is 4.79 Å². The fourth-order valence-corrected chi connectivity index (χ4v) is 6.34. The van der Waals surface area contributed by atoms with Gasteiger partial charge in [0.1, 0.15) is 17.3 Å². The highest BCUT2D eigenvalue weighted by atomic mass is 16.5. The third kappa shape index (κ3) is 3.06. The summed E-state index contributed by atoms with van der Waals surface area (Å²) in [5.74, 6) is 4.22. The Labute approximate surface area is 174 Å². The number of fused-ring (bicyclic) bond motifs is 5. The van der Waals surface area contributed by atoms with E-state index in [1.807, 2.05) is 26.2 Å². The first kappa shape index (κ1) is 18.7. The average molecular weight is 390 g/mol. The number of nitrogens with zero attached hydrogens (tertiary/aromatic N) is 1. The Morgan fingerprint density at radius 1 is 0.966 bits per heavy atom. The van der Waals surface area contributed by atoms with E-state index in [0.717, 1.165) is 43.6 Å². The lowest BCUT2D eigenvalue weighted by Gasteiger charge is -2.48. The van der Waals surface area contributed by atoms with Crippen molar-refractivity contribution in [3.63, 3.8) is 0 Å². The van der Waals surface area contributed by atoms with E-state index in [1.165, 1.54) is 23.2 Å². The molecule has 3 aliphatic rings. The molecule has 0 amide bonds. The normalized spacial score (nSPS) is 30.3. The molecule has 0 aliphatic heterocycles. The first-order valence-corrected chi connectivity index (χ1v) is 11.1. The molecule has 0 unspecified atom stereocenters. The van der Waals surface area contributed by atoms with Crippen LogP contribution < -0.4 is 9.64 Å². The molecule has 29 heavy (non-hydrogen) atoms. The fourth-order valence-electron chi connectivity index (χ4n) is 6.34. The molecule has 0 radical (unpaired) electrons. The number of aryl methyl sites for hydroxylation is 1. The van der Waals surface area contributed by atoms with Crippen molar-refractivity contribution in [1.29, 1.82) is 0 Å². The third-order valence-electron chi connectivity index (χ3n) is 8.00. The quantitative estimate of drug-likeness (QED) is 0.648. The van der Waals surface area contributed by atoms with Crippen LogP contribution >= 0.6 is 0 Å². The summed E-state index contributed by atoms with van der Waals surface area (Å²) in [5.41, 5.74) is 4.09. The van der Waals surface area contributed by atoms with Crippen molar-refractivity contribution < 1.29 is 9.53 Å². The minimum Gasteiger partial charge on any atom is -0.457 e. The van der Waals surface area contributed by atoms with Crippen LogP contribution in [0.3, 0.4) is 0 Å². The van der Waals surface area contributed by atoms with Crippen LogP contribution in [0.15, 0.2) is 42.5 Å². The standard InChI is InChI=1S/C26H31NO2/c1-26-15-14-22-21-11-9-20(29-19-7-5-18(6-8-19)27(2)3)16-17(21)4-10-23(22)24(26)12-13-25(26)28/h5-9,11,16,22-24H,4,10,12-15H2,1-3H3/t22-,23-,24-,26+/m1/s1. The molecule has 3 heteroatoms. The number of carbonyl (C=O) groups is 1. The lowest BCUT2D eigenvalue weighted by atomic mass is 9.55. The van der Waals surface area contributed by atoms with Gasteiger partial charge in [-0.3, -0.25) is 4.79 Å². The van der Waals surface area contributed by atoms with Gasteiger partial charge < -0.3 is 9.64 Å². The average Bonchev–Trinajstić information content (AvgIpc) is 3.03. The highest BCUT2D eigenvalue weighted by molar-refractivity contribution is 5.87. The summed E-state index contributed by atoms with van der Waals surface area (Å²) >= 11 is 0. The molecular formula is C26H31NO2. The van der Waals surface area contributed by atoms with Crippen molar-refractivity contribution in [3.05, 3.63) is 53.6 Å². The van der Waals surface area contributed by atoms with Gasteiger partial charge in [-0.25, -0.2) is 0 Å². The van der Waals surface area contributed by atoms with Crippen molar-refractivity contribution in [2.45, 2.75) is 51.4 Å². The van der Waals surface area contributed by atoms with Crippen LogP contribution in [0.2, 0.25) is 0 Å². The SMILES string of the molecule is CN(C)c1ccc(Oc2ccc3c(c2)CC[C@@H]2[C@@H]3CC[C@]3(C)C(=O)CC[C@H]23)cc1. The number of ketones is 1. The Morgan fingerprint density at radius 3 is 2.48 bits per heavy atom. The predicted octanol–water partition coefficient (Wildman–Crippen LogP) is 5.97. The van der Waals surface area contributed by atoms with E-state index >= 15 is 0 Å². The number of ether oxygens (including phenoxy) is 1. The van der Waals surface area contributed by atoms with Crippen LogP contribution in [-0.2, 0) is 11.2 Å². The highest BCUT2D eigenvalue weighted by Crippen LogP contribution is 2.59. The van der Waals surface area contributed by atoms with Gasteiger partial charge in [-0.2, -0.15) is 0 Å². The predicted molar refractivity (Wildman–Crippen MR) is 117 cm³/mol. The number of anilines is 1. The zero-order valence-corrected chi connectivity index (χ0v) is 17.8. The molecule has 5 rings (SSSR count). The molecule has 3 nitrogen and oxygen atoms in total. The summed E-state index contributed by atoms with van der Waals surface area (Å²) in [5, 5.41) is 0. The third-order valence-corrected chi connectivity index (χ3v) is 8.00. The van der Waals surface area contributed by atoms with E-state index in [0.29, 0.717) is 23.5 Å². The number of hydrogen-bond donors (Lipinski definition) is 0. The molecule has 152 valence electrons. The summed E-state index contributed by atoms with van der Waals surface area (Å²) in [6.07, 6.45) is 6.45. The number of rotatable bonds is 3. The largest absolute Gasteiger partial charge is 0.457 e.